The number of nitro benzene ring substituents is 1. The number of carbonyl (C=O) groups is 1. The van der Waals surface area contributed by atoms with Gasteiger partial charge in [-0.15, -0.1) is 0 Å². The summed E-state index contributed by atoms with van der Waals surface area (Å²) >= 11 is 6.91. The van der Waals surface area contributed by atoms with E-state index in [0.29, 0.717) is 43.4 Å². The van der Waals surface area contributed by atoms with E-state index >= 15 is 0 Å². The van der Waals surface area contributed by atoms with Gasteiger partial charge in [-0.2, -0.15) is 0 Å². The fraction of sp³-hybridized carbons (Fsp3) is 0.265. The van der Waals surface area contributed by atoms with Crippen molar-refractivity contribution in [1.82, 2.24) is 4.57 Å². The summed E-state index contributed by atoms with van der Waals surface area (Å²) in [5, 5.41) is 11.1. The van der Waals surface area contributed by atoms with E-state index < -0.39 is 16.9 Å². The molecule has 5 rings (SSSR count). The van der Waals surface area contributed by atoms with Gasteiger partial charge in [0.25, 0.3) is 11.2 Å². The third-order valence-corrected chi connectivity index (χ3v) is 9.48. The van der Waals surface area contributed by atoms with Crippen LogP contribution in [-0.4, -0.2) is 35.3 Å². The molecule has 0 aliphatic carbocycles. The first-order chi connectivity index (χ1) is 22.9. The zero-order chi connectivity index (χ0) is 34.7. The minimum absolute atomic E-state index is 0.00836. The SMILES string of the molecule is CCOC(=O)C1=C(C)N=c2s/c(=C/c3cc(Br)cc(I)c3OCc3ccc([N+](=O)[O-])cc3)c(=O)n2[C@@H]1c1ccc(OC(C)C)c(OC)c1. The van der Waals surface area contributed by atoms with Gasteiger partial charge in [0.2, 0.25) is 0 Å². The molecule has 0 radical (unpaired) electrons. The van der Waals surface area contributed by atoms with Crippen LogP contribution < -0.4 is 29.1 Å². The molecule has 48 heavy (non-hydrogen) atoms. The number of fused-ring (bicyclic) bond motifs is 1. The standard InChI is InChI=1S/C34H31BrIN3O8S/c1-6-45-33(41)29-19(4)37-34-38(30(29)21-9-12-26(47-18(2)3)27(14-21)44-5)32(40)28(48-34)15-22-13-23(35)16-25(36)31(22)46-17-20-7-10-24(11-8-20)39(42)43/h7-16,18,30H,6,17H2,1-5H3/b28-15+/t30-/m1/s1. The molecule has 0 amide bonds. The van der Waals surface area contributed by atoms with Crippen molar-refractivity contribution in [2.24, 2.45) is 4.99 Å². The third-order valence-electron chi connectivity index (χ3n) is 7.24. The maximum atomic E-state index is 14.3. The van der Waals surface area contributed by atoms with E-state index in [4.69, 9.17) is 18.9 Å². The van der Waals surface area contributed by atoms with Crippen molar-refractivity contribution >= 4 is 67.6 Å². The molecule has 4 aromatic rings. The highest BCUT2D eigenvalue weighted by Crippen LogP contribution is 2.37. The molecule has 0 unspecified atom stereocenters. The van der Waals surface area contributed by atoms with Gasteiger partial charge >= 0.3 is 5.97 Å². The molecule has 0 N–H and O–H groups in total. The summed E-state index contributed by atoms with van der Waals surface area (Å²) in [5.74, 6) is 0.962. The first-order valence-corrected chi connectivity index (χ1v) is 17.5. The Kier molecular flexibility index (Phi) is 11.1. The predicted molar refractivity (Wildman–Crippen MR) is 193 cm³/mol. The Hall–Kier alpha value is -4.02. The second-order valence-electron chi connectivity index (χ2n) is 10.9. The Morgan fingerprint density at radius 1 is 1.17 bits per heavy atom. The Morgan fingerprint density at radius 2 is 1.90 bits per heavy atom. The summed E-state index contributed by atoms with van der Waals surface area (Å²) in [7, 11) is 1.53. The van der Waals surface area contributed by atoms with Gasteiger partial charge in [0.15, 0.2) is 16.3 Å². The smallest absolute Gasteiger partial charge is 0.338 e. The predicted octanol–water partition coefficient (Wildman–Crippen LogP) is 6.45. The van der Waals surface area contributed by atoms with Gasteiger partial charge in [0, 0.05) is 22.2 Å². The number of halogens is 2. The highest BCUT2D eigenvalue weighted by molar-refractivity contribution is 14.1. The zero-order valence-corrected chi connectivity index (χ0v) is 31.2. The normalized spacial score (nSPS) is 14.4. The van der Waals surface area contributed by atoms with E-state index in [-0.39, 0.29) is 36.1 Å². The summed E-state index contributed by atoms with van der Waals surface area (Å²) in [6.07, 6.45) is 1.64. The number of non-ortho nitro benzene ring substituents is 1. The number of nitrogens with zero attached hydrogens (tertiary/aromatic N) is 3. The van der Waals surface area contributed by atoms with E-state index in [9.17, 15) is 19.7 Å². The van der Waals surface area contributed by atoms with Crippen molar-refractivity contribution in [2.75, 3.05) is 13.7 Å². The maximum Gasteiger partial charge on any atom is 0.338 e. The van der Waals surface area contributed by atoms with Crippen molar-refractivity contribution in [2.45, 2.75) is 46.4 Å². The fourth-order valence-corrected chi connectivity index (χ4v) is 7.91. The van der Waals surface area contributed by atoms with Crippen LogP contribution in [0.25, 0.3) is 6.08 Å². The minimum atomic E-state index is -0.843. The average Bonchev–Trinajstić information content (AvgIpc) is 3.33. The molecule has 0 bridgehead atoms. The van der Waals surface area contributed by atoms with Crippen LogP contribution in [0.3, 0.4) is 0 Å². The number of methoxy groups -OCH3 is 1. The molecular weight excluding hydrogens is 817 g/mol. The van der Waals surface area contributed by atoms with E-state index in [1.54, 1.807) is 50.3 Å². The molecular formula is C34H31BrIN3O8S. The van der Waals surface area contributed by atoms with Gasteiger partial charge in [0.1, 0.15) is 12.4 Å². The number of hydrogen-bond donors (Lipinski definition) is 0. The number of ether oxygens (including phenoxy) is 4. The lowest BCUT2D eigenvalue weighted by molar-refractivity contribution is -0.384. The first kappa shape index (κ1) is 35.3. The van der Waals surface area contributed by atoms with E-state index in [0.717, 1.165) is 13.6 Å². The lowest BCUT2D eigenvalue weighted by Crippen LogP contribution is -2.40. The summed E-state index contributed by atoms with van der Waals surface area (Å²) in [6.45, 7) is 7.58. The second kappa shape index (κ2) is 15.0. The van der Waals surface area contributed by atoms with E-state index in [1.807, 2.05) is 26.0 Å². The highest BCUT2D eigenvalue weighted by Gasteiger charge is 2.34. The van der Waals surface area contributed by atoms with Crippen molar-refractivity contribution in [3.8, 4) is 17.2 Å². The minimum Gasteiger partial charge on any atom is -0.493 e. The van der Waals surface area contributed by atoms with Crippen molar-refractivity contribution < 1.29 is 28.7 Å². The molecule has 1 aromatic heterocycles. The van der Waals surface area contributed by atoms with Gasteiger partial charge in [-0.25, -0.2) is 9.79 Å². The first-order valence-electron chi connectivity index (χ1n) is 14.8. The van der Waals surface area contributed by atoms with Crippen molar-refractivity contribution in [1.29, 1.82) is 0 Å². The number of rotatable bonds is 11. The van der Waals surface area contributed by atoms with Gasteiger partial charge in [-0.05, 0) is 104 Å². The van der Waals surface area contributed by atoms with E-state index in [1.165, 1.54) is 35.1 Å². The molecule has 1 aliphatic heterocycles. The van der Waals surface area contributed by atoms with Gasteiger partial charge in [0.05, 0.1) is 50.2 Å². The van der Waals surface area contributed by atoms with Crippen LogP contribution in [0.5, 0.6) is 17.2 Å². The molecule has 0 fully saturated rings. The molecule has 250 valence electrons. The van der Waals surface area contributed by atoms with E-state index in [2.05, 4.69) is 43.5 Å². The molecule has 3 aromatic carbocycles. The largest absolute Gasteiger partial charge is 0.493 e. The summed E-state index contributed by atoms with van der Waals surface area (Å²) < 4.78 is 26.6. The molecule has 1 aliphatic rings. The molecule has 1 atom stereocenters. The molecule has 0 saturated carbocycles. The van der Waals surface area contributed by atoms with Crippen LogP contribution in [0.2, 0.25) is 0 Å². The molecule has 11 nitrogen and oxygen atoms in total. The number of nitro groups is 1. The Labute approximate surface area is 301 Å². The molecule has 2 heterocycles. The lowest BCUT2D eigenvalue weighted by atomic mass is 9.95. The molecule has 0 spiro atoms. The summed E-state index contributed by atoms with van der Waals surface area (Å²) in [5.41, 5.74) is 2.33. The Balaban J connectivity index is 1.63. The summed E-state index contributed by atoms with van der Waals surface area (Å²) in [4.78, 5) is 43.4. The number of thiazole rings is 1. The third kappa shape index (κ3) is 7.50. The number of allylic oxidation sites excluding steroid dienone is 1. The number of aromatic nitrogens is 1. The monoisotopic (exact) mass is 847 g/mol. The van der Waals surface area contributed by atoms with Crippen LogP contribution in [0.15, 0.2) is 80.1 Å². The Morgan fingerprint density at radius 3 is 2.54 bits per heavy atom. The van der Waals surface area contributed by atoms with Gasteiger partial charge < -0.3 is 18.9 Å². The number of esters is 1. The highest BCUT2D eigenvalue weighted by atomic mass is 127. The molecule has 0 saturated heterocycles. The molecule has 14 heteroatoms. The van der Waals surface area contributed by atoms with Crippen molar-refractivity contribution in [3.63, 3.8) is 0 Å². The topological polar surface area (TPSA) is 131 Å². The van der Waals surface area contributed by atoms with Crippen LogP contribution >= 0.6 is 49.9 Å². The number of benzene rings is 3. The summed E-state index contributed by atoms with van der Waals surface area (Å²) in [6, 6.07) is 14.4. The number of hydrogen-bond acceptors (Lipinski definition) is 10. The second-order valence-corrected chi connectivity index (χ2v) is 14.0. The zero-order valence-electron chi connectivity index (χ0n) is 26.6. The van der Waals surface area contributed by atoms with Crippen LogP contribution in [0.1, 0.15) is 50.4 Å². The Bertz CT molecular complexity index is 2110. The van der Waals surface area contributed by atoms with Crippen molar-refractivity contribution in [3.05, 3.63) is 120 Å². The fourth-order valence-electron chi connectivity index (χ4n) is 5.16. The van der Waals surface area contributed by atoms with Crippen LogP contribution in [0.4, 0.5) is 5.69 Å². The average molecular weight is 849 g/mol. The number of carbonyl (C=O) groups excluding carboxylic acids is 1. The quantitative estimate of drug-likeness (QED) is 0.0729. The van der Waals surface area contributed by atoms with Gasteiger partial charge in [-0.1, -0.05) is 33.3 Å². The van der Waals surface area contributed by atoms with Gasteiger partial charge in [-0.3, -0.25) is 19.5 Å². The maximum absolute atomic E-state index is 14.3. The van der Waals surface area contributed by atoms with Crippen LogP contribution in [-0.2, 0) is 16.1 Å². The lowest BCUT2D eigenvalue weighted by Gasteiger charge is -2.25. The van der Waals surface area contributed by atoms with Crippen LogP contribution in [0, 0.1) is 13.7 Å².